The molecule has 36 heavy (non-hydrogen) atoms. The molecule has 0 saturated carbocycles. The highest BCUT2D eigenvalue weighted by Gasteiger charge is 2.37. The van der Waals surface area contributed by atoms with Gasteiger partial charge in [0.05, 0.1) is 5.69 Å². The van der Waals surface area contributed by atoms with E-state index in [0.717, 1.165) is 16.0 Å². The number of carbonyl (C=O) groups is 3. The van der Waals surface area contributed by atoms with Crippen molar-refractivity contribution in [3.8, 4) is 5.75 Å². The molecule has 8 heteroatoms. The zero-order valence-electron chi connectivity index (χ0n) is 19.4. The Labute approximate surface area is 212 Å². The van der Waals surface area contributed by atoms with E-state index in [4.69, 9.17) is 16.3 Å². The van der Waals surface area contributed by atoms with E-state index in [-0.39, 0.29) is 23.7 Å². The molecule has 1 fully saturated rings. The van der Waals surface area contributed by atoms with E-state index in [2.05, 4.69) is 11.9 Å². The summed E-state index contributed by atoms with van der Waals surface area (Å²) in [4.78, 5) is 39.0. The van der Waals surface area contributed by atoms with E-state index in [1.807, 2.05) is 0 Å². The summed E-state index contributed by atoms with van der Waals surface area (Å²) in [7, 11) is 0. The van der Waals surface area contributed by atoms with Crippen LogP contribution < -0.4 is 15.0 Å². The van der Waals surface area contributed by atoms with Crippen molar-refractivity contribution in [2.24, 2.45) is 0 Å². The van der Waals surface area contributed by atoms with Gasteiger partial charge in [-0.3, -0.25) is 14.9 Å². The van der Waals surface area contributed by atoms with Crippen LogP contribution in [0.4, 0.5) is 14.9 Å². The average Bonchev–Trinajstić information content (AvgIpc) is 2.83. The molecular formula is C28H22ClFN2O4. The number of rotatable bonds is 7. The number of anilines is 1. The van der Waals surface area contributed by atoms with Gasteiger partial charge in [0.2, 0.25) is 0 Å². The van der Waals surface area contributed by atoms with E-state index in [1.165, 1.54) is 24.3 Å². The summed E-state index contributed by atoms with van der Waals surface area (Å²) in [6.45, 7) is 5.73. The lowest BCUT2D eigenvalue weighted by Gasteiger charge is -2.26. The summed E-state index contributed by atoms with van der Waals surface area (Å²) < 4.78 is 19.3. The van der Waals surface area contributed by atoms with Crippen LogP contribution in [0.2, 0.25) is 5.02 Å². The highest BCUT2D eigenvalue weighted by Crippen LogP contribution is 2.28. The number of amides is 4. The molecule has 0 spiro atoms. The number of allylic oxidation sites excluding steroid dienone is 1. The van der Waals surface area contributed by atoms with Crippen molar-refractivity contribution >= 4 is 41.2 Å². The monoisotopic (exact) mass is 504 g/mol. The quantitative estimate of drug-likeness (QED) is 0.252. The number of imide groups is 2. The van der Waals surface area contributed by atoms with Crippen LogP contribution >= 0.6 is 11.6 Å². The fraction of sp³-hybridized carbons (Fsp3) is 0.107. The lowest BCUT2D eigenvalue weighted by molar-refractivity contribution is -0.122. The van der Waals surface area contributed by atoms with E-state index in [1.54, 1.807) is 55.5 Å². The molecule has 0 bridgehead atoms. The molecule has 0 atom stereocenters. The van der Waals surface area contributed by atoms with Crippen LogP contribution in [0.5, 0.6) is 5.75 Å². The molecular weight excluding hydrogens is 483 g/mol. The topological polar surface area (TPSA) is 75.7 Å². The summed E-state index contributed by atoms with van der Waals surface area (Å²) in [5, 5.41) is 2.59. The SMILES string of the molecule is C=CCc1cc(/C=C2/C(=O)NC(=O)N(c3ccc(C)c(Cl)c3)C2=O)ccc1OCc1cccc(F)c1. The first kappa shape index (κ1) is 24.9. The Kier molecular flexibility index (Phi) is 7.31. The van der Waals surface area contributed by atoms with E-state index >= 15 is 0 Å². The average molecular weight is 505 g/mol. The summed E-state index contributed by atoms with van der Waals surface area (Å²) in [5.41, 5.74) is 2.82. The highest BCUT2D eigenvalue weighted by atomic mass is 35.5. The molecule has 1 N–H and O–H groups in total. The molecule has 6 nitrogen and oxygen atoms in total. The molecule has 0 radical (unpaired) electrons. The van der Waals surface area contributed by atoms with E-state index in [0.29, 0.717) is 28.3 Å². The summed E-state index contributed by atoms with van der Waals surface area (Å²) in [6, 6.07) is 15.2. The van der Waals surface area contributed by atoms with Crippen LogP contribution in [0.3, 0.4) is 0 Å². The number of nitrogens with zero attached hydrogens (tertiary/aromatic N) is 1. The first-order valence-electron chi connectivity index (χ1n) is 11.1. The standard InChI is InChI=1S/C28H22ClFN2O4/c1-3-5-20-12-18(9-11-25(20)36-16-19-6-4-7-21(30)13-19)14-23-26(33)31-28(35)32(27(23)34)22-10-8-17(2)24(29)15-22/h3-4,6-15H,1,5,16H2,2H3,(H,31,33,35)/b23-14-. The van der Waals surface area contributed by atoms with Crippen molar-refractivity contribution < 1.29 is 23.5 Å². The maximum atomic E-state index is 13.5. The van der Waals surface area contributed by atoms with Gasteiger partial charge in [-0.1, -0.05) is 41.9 Å². The predicted octanol–water partition coefficient (Wildman–Crippen LogP) is 5.76. The zero-order valence-corrected chi connectivity index (χ0v) is 20.1. The highest BCUT2D eigenvalue weighted by molar-refractivity contribution is 6.39. The third-order valence-electron chi connectivity index (χ3n) is 5.56. The van der Waals surface area contributed by atoms with E-state index < -0.39 is 17.8 Å². The van der Waals surface area contributed by atoms with Crippen LogP contribution in [-0.2, 0) is 22.6 Å². The molecule has 0 aromatic heterocycles. The second kappa shape index (κ2) is 10.6. The van der Waals surface area contributed by atoms with Gasteiger partial charge in [-0.15, -0.1) is 6.58 Å². The maximum absolute atomic E-state index is 13.5. The smallest absolute Gasteiger partial charge is 0.335 e. The Morgan fingerprint density at radius 2 is 1.89 bits per heavy atom. The number of benzene rings is 3. The fourth-order valence-electron chi connectivity index (χ4n) is 3.71. The molecule has 1 saturated heterocycles. The number of carbonyl (C=O) groups excluding carboxylic acids is 3. The van der Waals surface area contributed by atoms with Crippen LogP contribution in [0.15, 0.2) is 78.9 Å². The third kappa shape index (κ3) is 5.37. The number of barbiturate groups is 1. The molecule has 3 aromatic carbocycles. The summed E-state index contributed by atoms with van der Waals surface area (Å²) in [6.07, 6.45) is 3.57. The largest absolute Gasteiger partial charge is 0.489 e. The normalized spacial score (nSPS) is 14.7. The van der Waals surface area contributed by atoms with Crippen molar-refractivity contribution in [2.75, 3.05) is 4.90 Å². The number of urea groups is 1. The van der Waals surface area contributed by atoms with Gasteiger partial charge in [0.1, 0.15) is 23.7 Å². The number of hydrogen-bond acceptors (Lipinski definition) is 4. The van der Waals surface area contributed by atoms with Gasteiger partial charge in [-0.05, 0) is 78.1 Å². The van der Waals surface area contributed by atoms with Gasteiger partial charge in [-0.2, -0.15) is 0 Å². The van der Waals surface area contributed by atoms with Gasteiger partial charge in [0.25, 0.3) is 11.8 Å². The van der Waals surface area contributed by atoms with Crippen molar-refractivity contribution in [1.29, 1.82) is 0 Å². The minimum Gasteiger partial charge on any atom is -0.489 e. The molecule has 0 unspecified atom stereocenters. The first-order valence-corrected chi connectivity index (χ1v) is 11.4. The number of halogens is 2. The second-order valence-corrected chi connectivity index (χ2v) is 8.58. The Bertz CT molecular complexity index is 1420. The van der Waals surface area contributed by atoms with Crippen molar-refractivity contribution in [3.63, 3.8) is 0 Å². The Morgan fingerprint density at radius 1 is 1.08 bits per heavy atom. The summed E-state index contributed by atoms with van der Waals surface area (Å²) in [5.74, 6) is -1.34. The molecule has 3 aromatic rings. The van der Waals surface area contributed by atoms with E-state index in [9.17, 15) is 18.8 Å². The Hall–Kier alpha value is -4.23. The van der Waals surface area contributed by atoms with Crippen LogP contribution in [0.1, 0.15) is 22.3 Å². The molecule has 1 aliphatic rings. The van der Waals surface area contributed by atoms with Crippen molar-refractivity contribution in [2.45, 2.75) is 20.0 Å². The molecule has 4 amide bonds. The van der Waals surface area contributed by atoms with Gasteiger partial charge in [0.15, 0.2) is 0 Å². The lowest BCUT2D eigenvalue weighted by Crippen LogP contribution is -2.54. The predicted molar refractivity (Wildman–Crippen MR) is 136 cm³/mol. The van der Waals surface area contributed by atoms with Crippen LogP contribution in [0, 0.1) is 12.7 Å². The summed E-state index contributed by atoms with van der Waals surface area (Å²) >= 11 is 6.17. The molecule has 1 aliphatic heterocycles. The number of nitrogens with one attached hydrogen (secondary N) is 1. The number of hydrogen-bond donors (Lipinski definition) is 1. The zero-order chi connectivity index (χ0) is 25.8. The van der Waals surface area contributed by atoms with Crippen molar-refractivity contribution in [1.82, 2.24) is 5.32 Å². The first-order chi connectivity index (χ1) is 17.3. The second-order valence-electron chi connectivity index (χ2n) is 8.17. The lowest BCUT2D eigenvalue weighted by atomic mass is 10.0. The van der Waals surface area contributed by atoms with Gasteiger partial charge in [-0.25, -0.2) is 14.1 Å². The Morgan fingerprint density at radius 3 is 2.61 bits per heavy atom. The van der Waals surface area contributed by atoms with Crippen LogP contribution in [0.25, 0.3) is 6.08 Å². The fourth-order valence-corrected chi connectivity index (χ4v) is 3.89. The van der Waals surface area contributed by atoms with Crippen molar-refractivity contribution in [3.05, 3.63) is 112 Å². The van der Waals surface area contributed by atoms with Crippen LogP contribution in [-0.4, -0.2) is 17.8 Å². The van der Waals surface area contributed by atoms with Gasteiger partial charge >= 0.3 is 6.03 Å². The third-order valence-corrected chi connectivity index (χ3v) is 5.97. The maximum Gasteiger partial charge on any atom is 0.335 e. The molecule has 4 rings (SSSR count). The number of ether oxygens (including phenoxy) is 1. The molecule has 1 heterocycles. The van der Waals surface area contributed by atoms with Gasteiger partial charge in [0, 0.05) is 5.02 Å². The van der Waals surface area contributed by atoms with Gasteiger partial charge < -0.3 is 4.74 Å². The Balaban J connectivity index is 1.62. The molecule has 0 aliphatic carbocycles. The number of aryl methyl sites for hydroxylation is 1. The molecule has 182 valence electrons. The minimum absolute atomic E-state index is 0.166. The minimum atomic E-state index is -0.851.